The predicted octanol–water partition coefficient (Wildman–Crippen LogP) is 5.57. The van der Waals surface area contributed by atoms with E-state index in [-0.39, 0.29) is 43.6 Å². The molecule has 4 aromatic rings. The van der Waals surface area contributed by atoms with Gasteiger partial charge in [-0.3, -0.25) is 0 Å². The van der Waals surface area contributed by atoms with Crippen molar-refractivity contribution in [1.82, 2.24) is 30.2 Å². The van der Waals surface area contributed by atoms with Gasteiger partial charge in [-0.1, -0.05) is 87.3 Å². The number of nitrogens with zero attached hydrogens (tertiary/aromatic N) is 7. The number of halogens is 1. The van der Waals surface area contributed by atoms with Crippen molar-refractivity contribution in [2.45, 2.75) is 103 Å². The fourth-order valence-corrected chi connectivity index (χ4v) is 7.60. The highest BCUT2D eigenvalue weighted by Crippen LogP contribution is 2.34. The molecule has 22 nitrogen and oxygen atoms in total. The Labute approximate surface area is 359 Å². The van der Waals surface area contributed by atoms with Crippen molar-refractivity contribution in [1.29, 1.82) is 0 Å². The van der Waals surface area contributed by atoms with E-state index in [4.69, 9.17) is 40.0 Å². The average Bonchev–Trinajstić information content (AvgIpc) is 4.03. The second-order valence-corrected chi connectivity index (χ2v) is 15.8. The van der Waals surface area contributed by atoms with Crippen LogP contribution >= 0.6 is 11.6 Å². The number of hydrogen-bond donors (Lipinski definition) is 1. The van der Waals surface area contributed by atoms with Crippen molar-refractivity contribution < 1.29 is 57.9 Å². The van der Waals surface area contributed by atoms with Crippen LogP contribution in [0.2, 0.25) is 5.15 Å². The molecule has 0 spiro atoms. The number of rotatable bonds is 22. The van der Waals surface area contributed by atoms with E-state index < -0.39 is 71.1 Å². The number of carbonyl (C=O) groups is 2. The molecule has 23 heteroatoms. The molecule has 0 aliphatic carbocycles. The van der Waals surface area contributed by atoms with Gasteiger partial charge < -0.3 is 42.7 Å². The van der Waals surface area contributed by atoms with Gasteiger partial charge in [-0.25, -0.2) is 14.6 Å². The van der Waals surface area contributed by atoms with E-state index in [0.717, 1.165) is 35.1 Å². The summed E-state index contributed by atoms with van der Waals surface area (Å²) < 4.78 is 35.8. The summed E-state index contributed by atoms with van der Waals surface area (Å²) >= 11 is 6.56. The summed E-state index contributed by atoms with van der Waals surface area (Å²) in [5.41, 5.74) is 2.92. The molecule has 0 radical (unpaired) electrons. The third-order valence-corrected chi connectivity index (χ3v) is 10.6. The van der Waals surface area contributed by atoms with Crippen LogP contribution in [0.1, 0.15) is 75.3 Å². The van der Waals surface area contributed by atoms with E-state index in [1.165, 1.54) is 6.92 Å². The summed E-state index contributed by atoms with van der Waals surface area (Å²) in [5.74, 6) is 0.211. The minimum atomic E-state index is -1.38. The molecule has 2 aliphatic rings. The van der Waals surface area contributed by atoms with Crippen LogP contribution < -0.4 is 0 Å². The minimum Gasteiger partial charge on any atom is -0.426 e. The zero-order valence-electron chi connectivity index (χ0n) is 34.4. The first kappa shape index (κ1) is 45.6. The highest BCUT2D eigenvalue weighted by Gasteiger charge is 2.50. The maximum atomic E-state index is 13.6. The summed E-state index contributed by atoms with van der Waals surface area (Å²) in [6.07, 6.45) is -3.54. The number of ether oxygens (including phenoxy) is 6. The van der Waals surface area contributed by atoms with Crippen LogP contribution in [0.5, 0.6) is 0 Å². The van der Waals surface area contributed by atoms with Crippen LogP contribution in [-0.4, -0.2) is 116 Å². The Morgan fingerprint density at radius 2 is 1.73 bits per heavy atom. The van der Waals surface area contributed by atoms with Gasteiger partial charge >= 0.3 is 12.1 Å². The molecule has 0 amide bonds. The van der Waals surface area contributed by atoms with Crippen LogP contribution in [0, 0.1) is 25.6 Å². The SMILES string of the molecule is CCCCc1nc(Cl)c(C(=O)OC(C)OC(=O)O[C@H]2COC3C2OC[C@H]3OCCC(C)(C)CC(CO[N+](=O)[O-])O[N+](=O)[O-])n1Cc1ccc(-c2ccccc2-c2nn[nH]n2)cc1. The molecule has 1 N–H and O–H groups in total. The van der Waals surface area contributed by atoms with Crippen molar-refractivity contribution in [2.24, 2.45) is 5.41 Å². The van der Waals surface area contributed by atoms with E-state index >= 15 is 0 Å². The third kappa shape index (κ3) is 11.9. The molecule has 2 fully saturated rings. The van der Waals surface area contributed by atoms with Gasteiger partial charge in [-0.05, 0) is 46.6 Å². The van der Waals surface area contributed by atoms with Crippen molar-refractivity contribution in [2.75, 3.05) is 26.4 Å². The number of H-pyrrole nitrogens is 1. The van der Waals surface area contributed by atoms with Gasteiger partial charge in [0.15, 0.2) is 17.0 Å². The molecule has 2 aromatic heterocycles. The molecule has 6 rings (SSSR count). The quantitative estimate of drug-likeness (QED) is 0.0437. The Kier molecular flexibility index (Phi) is 15.2. The first-order valence-corrected chi connectivity index (χ1v) is 20.3. The molecule has 2 saturated heterocycles. The minimum absolute atomic E-state index is 0.00232. The lowest BCUT2D eigenvalue weighted by Crippen LogP contribution is -2.36. The number of benzene rings is 2. The molecule has 6 atom stereocenters. The second kappa shape index (κ2) is 20.7. The number of hydrogen-bond acceptors (Lipinski definition) is 18. The summed E-state index contributed by atoms with van der Waals surface area (Å²) in [6, 6.07) is 15.5. The smallest absolute Gasteiger partial charge is 0.426 e. The molecule has 0 bridgehead atoms. The van der Waals surface area contributed by atoms with Gasteiger partial charge in [0.05, 0.1) is 13.2 Å². The monoisotopic (exact) mass is 886 g/mol. The van der Waals surface area contributed by atoms with Gasteiger partial charge in [-0.15, -0.1) is 30.4 Å². The van der Waals surface area contributed by atoms with E-state index in [1.54, 1.807) is 4.57 Å². The summed E-state index contributed by atoms with van der Waals surface area (Å²) in [7, 11) is 0. The summed E-state index contributed by atoms with van der Waals surface area (Å²) in [4.78, 5) is 61.4. The number of nitrogens with one attached hydrogen (secondary N) is 1. The van der Waals surface area contributed by atoms with Crippen LogP contribution in [0.25, 0.3) is 22.5 Å². The number of imidazole rings is 1. The molecule has 0 saturated carbocycles. The molecular weight excluding hydrogens is 840 g/mol. The normalized spacial score (nSPS) is 19.3. The van der Waals surface area contributed by atoms with Crippen LogP contribution in [0.4, 0.5) is 4.79 Å². The fraction of sp³-hybridized carbons (Fsp3) is 0.538. The number of aromatic nitrogens is 6. The lowest BCUT2D eigenvalue weighted by molar-refractivity contribution is -0.790. The fourth-order valence-electron chi connectivity index (χ4n) is 7.32. The number of unbranched alkanes of at least 4 members (excludes halogenated alkanes) is 1. The van der Waals surface area contributed by atoms with Crippen molar-refractivity contribution in [3.05, 3.63) is 91.0 Å². The maximum absolute atomic E-state index is 13.6. The molecule has 2 aliphatic heterocycles. The van der Waals surface area contributed by atoms with Crippen LogP contribution in [0.3, 0.4) is 0 Å². The number of esters is 1. The largest absolute Gasteiger partial charge is 0.511 e. The van der Waals surface area contributed by atoms with E-state index in [2.05, 4.69) is 35.3 Å². The Morgan fingerprint density at radius 1 is 1.02 bits per heavy atom. The van der Waals surface area contributed by atoms with Crippen LogP contribution in [-0.2, 0) is 51.1 Å². The Bertz CT molecular complexity index is 2150. The lowest BCUT2D eigenvalue weighted by atomic mass is 9.84. The predicted molar refractivity (Wildman–Crippen MR) is 213 cm³/mol. The van der Waals surface area contributed by atoms with Gasteiger partial charge in [0.1, 0.15) is 36.8 Å². The standard InChI is InChI=1S/C39H47ClN8O14/c1-5-6-11-31-41-35(40)32(46(31)19-24-12-14-25(15-13-24)27-9-7-8-10-28(27)36-42-44-45-43-36)37(49)59-23(2)60-38(50)61-30-22-57-33-29(21-56-34(30)33)55-17-16-39(3,4)18-26(62-48(53)54)20-58-47(51)52/h7-10,12-15,23,26,29-30,33-34H,5-6,11,16-22H2,1-4H3,(H,42,43,44,45)/t23?,26?,29-,30+,33?,34?/m1/s1. The maximum Gasteiger partial charge on any atom is 0.511 e. The number of carbonyl (C=O) groups excluding carboxylic acids is 2. The first-order chi connectivity index (χ1) is 29.7. The van der Waals surface area contributed by atoms with Gasteiger partial charge in [0.2, 0.25) is 12.1 Å². The van der Waals surface area contributed by atoms with Crippen molar-refractivity contribution >= 4 is 23.7 Å². The van der Waals surface area contributed by atoms with Crippen molar-refractivity contribution in [3.8, 4) is 22.5 Å². The zero-order chi connectivity index (χ0) is 44.4. The first-order valence-electron chi connectivity index (χ1n) is 19.9. The zero-order valence-corrected chi connectivity index (χ0v) is 35.1. The molecule has 4 unspecified atom stereocenters. The molecule has 4 heterocycles. The Hall–Kier alpha value is -5.97. The second-order valence-electron chi connectivity index (χ2n) is 15.4. The van der Waals surface area contributed by atoms with E-state index in [1.807, 2.05) is 69.3 Å². The van der Waals surface area contributed by atoms with Gasteiger partial charge in [0, 0.05) is 32.1 Å². The van der Waals surface area contributed by atoms with Crippen molar-refractivity contribution in [3.63, 3.8) is 0 Å². The number of tetrazole rings is 1. The average molecular weight is 887 g/mol. The number of aromatic amines is 1. The lowest BCUT2D eigenvalue weighted by Gasteiger charge is -2.29. The Balaban J connectivity index is 1.01. The topological polar surface area (TPSA) is 267 Å². The summed E-state index contributed by atoms with van der Waals surface area (Å²) in [5, 5.41) is 33.8. The van der Waals surface area contributed by atoms with E-state index in [0.29, 0.717) is 24.5 Å². The van der Waals surface area contributed by atoms with Crippen LogP contribution in [0.15, 0.2) is 48.5 Å². The van der Waals surface area contributed by atoms with Gasteiger partial charge in [-0.2, -0.15) is 5.21 Å². The third-order valence-electron chi connectivity index (χ3n) is 10.3. The van der Waals surface area contributed by atoms with Gasteiger partial charge in [0.25, 0.3) is 10.2 Å². The Morgan fingerprint density at radius 3 is 2.40 bits per heavy atom. The molecule has 334 valence electrons. The summed E-state index contributed by atoms with van der Waals surface area (Å²) in [6.45, 7) is 6.99. The number of aryl methyl sites for hydroxylation is 1. The van der Waals surface area contributed by atoms with E-state index in [9.17, 15) is 29.8 Å². The highest BCUT2D eigenvalue weighted by atomic mass is 35.5. The highest BCUT2D eigenvalue weighted by molar-refractivity contribution is 6.32. The molecular formula is C39H47ClN8O14. The molecule has 2 aromatic carbocycles. The molecule has 62 heavy (non-hydrogen) atoms. The number of fused-ring (bicyclic) bond motifs is 1.